The maximum absolute atomic E-state index is 14.7. The zero-order valence-corrected chi connectivity index (χ0v) is 21.4. The molecule has 0 radical (unpaired) electrons. The fourth-order valence-electron chi connectivity index (χ4n) is 7.85. The lowest BCUT2D eigenvalue weighted by Gasteiger charge is -2.48. The number of esters is 1. The first-order valence-electron chi connectivity index (χ1n) is 12.8. The Labute approximate surface area is 210 Å². The van der Waals surface area contributed by atoms with Crippen LogP contribution in [0, 0.1) is 40.3 Å². The third-order valence-corrected chi connectivity index (χ3v) is 9.81. The second-order valence-corrected chi connectivity index (χ2v) is 11.8. The molecule has 1 aromatic rings. The Morgan fingerprint density at radius 1 is 1.28 bits per heavy atom. The first kappa shape index (κ1) is 25.3. The Morgan fingerprint density at radius 2 is 1.97 bits per heavy atom. The van der Waals surface area contributed by atoms with Crippen LogP contribution in [0.2, 0.25) is 0 Å². The van der Waals surface area contributed by atoms with Gasteiger partial charge in [-0.05, 0) is 65.7 Å². The van der Waals surface area contributed by atoms with Gasteiger partial charge in [0.15, 0.2) is 17.5 Å². The summed E-state index contributed by atoms with van der Waals surface area (Å²) in [6, 6.07) is 4.32. The number of Topliss-reactive ketones (excluding diaryl/α,β-unsaturated/α-hetero) is 1. The summed E-state index contributed by atoms with van der Waals surface area (Å²) in [6.07, 6.45) is 1.30. The van der Waals surface area contributed by atoms with Crippen LogP contribution in [-0.4, -0.2) is 51.5 Å². The van der Waals surface area contributed by atoms with Crippen molar-refractivity contribution in [1.29, 1.82) is 0 Å². The zero-order chi connectivity index (χ0) is 26.4. The molecule has 1 spiro atoms. The van der Waals surface area contributed by atoms with Gasteiger partial charge in [0, 0.05) is 5.92 Å². The van der Waals surface area contributed by atoms with Crippen LogP contribution in [0.15, 0.2) is 41.5 Å². The minimum absolute atomic E-state index is 0.0313. The van der Waals surface area contributed by atoms with Crippen molar-refractivity contribution < 1.29 is 34.0 Å². The van der Waals surface area contributed by atoms with Crippen molar-refractivity contribution in [3.05, 3.63) is 58.4 Å². The summed E-state index contributed by atoms with van der Waals surface area (Å²) in [6.45, 7) is 9.04. The molecule has 1 aromatic carbocycles. The lowest BCUT2D eigenvalue weighted by molar-refractivity contribution is -0.190. The SMILES string of the molecule is CCc1cccc(F)c1C(=O)O[C@H]1C(C)=C[C@]23C(=O)[C@@H](C=C(CO)[C@@H](O)[C@]12O)[C@H]1[C@@H](C[C@H]3C)C1(C)C. The molecule has 0 amide bonds. The first-order valence-corrected chi connectivity index (χ1v) is 12.8. The van der Waals surface area contributed by atoms with Gasteiger partial charge >= 0.3 is 5.97 Å². The number of rotatable bonds is 4. The van der Waals surface area contributed by atoms with Gasteiger partial charge in [0.05, 0.1) is 17.6 Å². The predicted molar refractivity (Wildman–Crippen MR) is 130 cm³/mol. The Morgan fingerprint density at radius 3 is 2.61 bits per heavy atom. The average molecular weight is 499 g/mol. The Hall–Kier alpha value is -2.35. The van der Waals surface area contributed by atoms with Gasteiger partial charge in [-0.2, -0.15) is 0 Å². The standard InChI is InChI=1S/C29H35FO6/c1-6-16-8-7-9-20(30)21(16)26(34)36-25-14(2)12-28-15(3)10-19-22(27(19,4)5)18(24(28)33)11-17(13-31)23(32)29(25,28)35/h7-9,11-12,15,18-19,22-23,25,31-32,35H,6,10,13H2,1-5H3/t15-,18+,19-,22+,23-,25+,28+,29+/m1/s1. The third kappa shape index (κ3) is 2.99. The van der Waals surface area contributed by atoms with Gasteiger partial charge in [0.1, 0.15) is 11.9 Å². The number of hydrogen-bond acceptors (Lipinski definition) is 6. The molecule has 36 heavy (non-hydrogen) atoms. The summed E-state index contributed by atoms with van der Waals surface area (Å²) in [5.41, 5.74) is -3.05. The second kappa shape index (κ2) is 8.07. The molecule has 4 aliphatic carbocycles. The smallest absolute Gasteiger partial charge is 0.342 e. The van der Waals surface area contributed by atoms with Crippen molar-refractivity contribution >= 4 is 11.8 Å². The van der Waals surface area contributed by atoms with E-state index >= 15 is 0 Å². The van der Waals surface area contributed by atoms with Crippen molar-refractivity contribution in [2.75, 3.05) is 6.61 Å². The van der Waals surface area contributed by atoms with Crippen LogP contribution < -0.4 is 0 Å². The van der Waals surface area contributed by atoms with Gasteiger partial charge < -0.3 is 20.1 Å². The highest BCUT2D eigenvalue weighted by Gasteiger charge is 2.76. The molecule has 0 aromatic heterocycles. The molecule has 7 heteroatoms. The van der Waals surface area contributed by atoms with E-state index in [4.69, 9.17) is 4.74 Å². The van der Waals surface area contributed by atoms with Crippen LogP contribution in [0.25, 0.3) is 0 Å². The van der Waals surface area contributed by atoms with Crippen LogP contribution in [0.1, 0.15) is 57.0 Å². The van der Waals surface area contributed by atoms with Gasteiger partial charge in [-0.25, -0.2) is 9.18 Å². The molecule has 0 saturated heterocycles. The molecule has 0 unspecified atom stereocenters. The number of aliphatic hydroxyl groups excluding tert-OH is 2. The van der Waals surface area contributed by atoms with E-state index in [1.807, 2.05) is 6.92 Å². The number of carbonyl (C=O) groups excluding carboxylic acids is 2. The molecule has 8 atom stereocenters. The molecule has 2 saturated carbocycles. The molecule has 0 heterocycles. The average Bonchev–Trinajstić information content (AvgIpc) is 3.32. The molecule has 4 aliphatic rings. The molecule has 2 fully saturated rings. The molecule has 5 rings (SSSR count). The monoisotopic (exact) mass is 498 g/mol. The van der Waals surface area contributed by atoms with Crippen molar-refractivity contribution in [3.63, 3.8) is 0 Å². The minimum Gasteiger partial charge on any atom is -0.451 e. The van der Waals surface area contributed by atoms with Crippen molar-refractivity contribution in [2.24, 2.45) is 34.5 Å². The molecule has 194 valence electrons. The number of aliphatic hydroxyl groups is 3. The summed E-state index contributed by atoms with van der Waals surface area (Å²) in [5.74, 6) is -2.60. The van der Waals surface area contributed by atoms with Crippen molar-refractivity contribution in [2.45, 2.75) is 65.3 Å². The number of halogens is 1. The van der Waals surface area contributed by atoms with Gasteiger partial charge in [0.25, 0.3) is 0 Å². The van der Waals surface area contributed by atoms with Crippen LogP contribution in [0.3, 0.4) is 0 Å². The van der Waals surface area contributed by atoms with E-state index in [1.54, 1.807) is 32.1 Å². The van der Waals surface area contributed by atoms with Crippen molar-refractivity contribution in [3.8, 4) is 0 Å². The molecule has 3 N–H and O–H groups in total. The minimum atomic E-state index is -2.24. The third-order valence-electron chi connectivity index (χ3n) is 9.81. The van der Waals surface area contributed by atoms with Crippen molar-refractivity contribution in [1.82, 2.24) is 0 Å². The fraction of sp³-hybridized carbons (Fsp3) is 0.586. The van der Waals surface area contributed by atoms with Gasteiger partial charge in [-0.15, -0.1) is 0 Å². The van der Waals surface area contributed by atoms with E-state index in [1.165, 1.54) is 12.1 Å². The maximum atomic E-state index is 14.7. The van der Waals surface area contributed by atoms with E-state index in [-0.39, 0.29) is 40.1 Å². The summed E-state index contributed by atoms with van der Waals surface area (Å²) < 4.78 is 20.5. The number of benzene rings is 1. The summed E-state index contributed by atoms with van der Waals surface area (Å²) >= 11 is 0. The van der Waals surface area contributed by atoms with Crippen LogP contribution in [0.5, 0.6) is 0 Å². The van der Waals surface area contributed by atoms with Gasteiger partial charge in [-0.3, -0.25) is 4.79 Å². The fourth-order valence-corrected chi connectivity index (χ4v) is 7.85. The Kier molecular flexibility index (Phi) is 5.67. The summed E-state index contributed by atoms with van der Waals surface area (Å²) in [4.78, 5) is 27.7. The summed E-state index contributed by atoms with van der Waals surface area (Å²) in [5, 5.41) is 34.2. The highest BCUT2D eigenvalue weighted by Crippen LogP contribution is 2.71. The maximum Gasteiger partial charge on any atom is 0.342 e. The van der Waals surface area contributed by atoms with E-state index < -0.39 is 47.5 Å². The van der Waals surface area contributed by atoms with Gasteiger partial charge in [0.2, 0.25) is 0 Å². The quantitative estimate of drug-likeness (QED) is 0.434. The molecular weight excluding hydrogens is 463 g/mol. The molecular formula is C29H35FO6. The molecule has 2 bridgehead atoms. The topological polar surface area (TPSA) is 104 Å². The second-order valence-electron chi connectivity index (χ2n) is 11.8. The van der Waals surface area contributed by atoms with Crippen LogP contribution >= 0.6 is 0 Å². The number of aryl methyl sites for hydroxylation is 1. The first-order chi connectivity index (χ1) is 16.9. The number of allylic oxidation sites excluding steroid dienone is 1. The Bertz CT molecular complexity index is 1200. The van der Waals surface area contributed by atoms with Crippen LogP contribution in [-0.2, 0) is 16.0 Å². The van der Waals surface area contributed by atoms with E-state index in [9.17, 15) is 29.3 Å². The molecule has 6 nitrogen and oxygen atoms in total. The predicted octanol–water partition coefficient (Wildman–Crippen LogP) is 3.38. The highest BCUT2D eigenvalue weighted by atomic mass is 19.1. The van der Waals surface area contributed by atoms with E-state index in [2.05, 4.69) is 13.8 Å². The number of fused-ring (bicyclic) bond motifs is 3. The zero-order valence-electron chi connectivity index (χ0n) is 21.4. The lowest BCUT2D eigenvalue weighted by Crippen LogP contribution is -2.65. The number of ketones is 1. The Balaban J connectivity index is 1.64. The highest BCUT2D eigenvalue weighted by molar-refractivity contribution is 5.96. The number of carbonyl (C=O) groups is 2. The molecule has 0 aliphatic heterocycles. The summed E-state index contributed by atoms with van der Waals surface area (Å²) in [7, 11) is 0. The number of hydrogen-bond donors (Lipinski definition) is 3. The van der Waals surface area contributed by atoms with Gasteiger partial charge in [-0.1, -0.05) is 52.0 Å². The normalized spacial score (nSPS) is 40.3. The van der Waals surface area contributed by atoms with E-state index in [0.29, 0.717) is 24.0 Å². The van der Waals surface area contributed by atoms with Crippen LogP contribution in [0.4, 0.5) is 4.39 Å². The number of ether oxygens (including phenoxy) is 1. The van der Waals surface area contributed by atoms with E-state index in [0.717, 1.165) is 0 Å². The lowest BCUT2D eigenvalue weighted by atomic mass is 9.59. The largest absolute Gasteiger partial charge is 0.451 e.